The summed E-state index contributed by atoms with van der Waals surface area (Å²) in [4.78, 5) is 36.3. The molecule has 2 aromatic carbocycles. The van der Waals surface area contributed by atoms with Gasteiger partial charge in [-0.1, -0.05) is 36.4 Å². The fourth-order valence-corrected chi connectivity index (χ4v) is 2.39. The van der Waals surface area contributed by atoms with Gasteiger partial charge in [0.2, 0.25) is 11.8 Å². The van der Waals surface area contributed by atoms with Crippen molar-refractivity contribution in [2.45, 2.75) is 12.8 Å². The van der Waals surface area contributed by atoms with Gasteiger partial charge in [0.1, 0.15) is 5.92 Å². The molecule has 0 saturated carbocycles. The van der Waals surface area contributed by atoms with Crippen molar-refractivity contribution in [3.05, 3.63) is 48.0 Å². The van der Waals surface area contributed by atoms with Gasteiger partial charge in [-0.2, -0.15) is 0 Å². The minimum atomic E-state index is -1.24. The first-order valence-electron chi connectivity index (χ1n) is 6.84. The number of primary amides is 2. The lowest BCUT2D eigenvalue weighted by Crippen LogP contribution is -2.46. The molecule has 6 heteroatoms. The normalized spacial score (nSPS) is 11.9. The average Bonchev–Trinajstić information content (AvgIpc) is 2.47. The van der Waals surface area contributed by atoms with E-state index in [1.807, 2.05) is 24.3 Å². The molecule has 0 spiro atoms. The number of hydrogen-bond donors (Lipinski definition) is 2. The Hall–Kier alpha value is -2.89. The van der Waals surface area contributed by atoms with Crippen molar-refractivity contribution in [1.29, 1.82) is 0 Å². The number of amides is 4. The molecule has 0 aliphatic heterocycles. The number of benzene rings is 2. The predicted octanol–water partition coefficient (Wildman–Crippen LogP) is 1.34. The Labute approximate surface area is 127 Å². The minimum Gasteiger partial charge on any atom is -0.369 e. The number of urea groups is 1. The second-order valence-corrected chi connectivity index (χ2v) is 4.86. The number of nitrogens with zero attached hydrogens (tertiary/aromatic N) is 1. The number of fused-ring (bicyclic) bond motifs is 1. The van der Waals surface area contributed by atoms with Gasteiger partial charge in [-0.3, -0.25) is 14.5 Å². The highest BCUT2D eigenvalue weighted by Crippen LogP contribution is 2.23. The minimum absolute atomic E-state index is 0.0749. The second kappa shape index (κ2) is 6.26. The van der Waals surface area contributed by atoms with Crippen molar-refractivity contribution >= 4 is 28.6 Å². The summed E-state index contributed by atoms with van der Waals surface area (Å²) >= 11 is 0. The van der Waals surface area contributed by atoms with Crippen molar-refractivity contribution < 1.29 is 14.4 Å². The average molecular weight is 299 g/mol. The van der Waals surface area contributed by atoms with E-state index in [-0.39, 0.29) is 6.54 Å². The van der Waals surface area contributed by atoms with E-state index in [1.54, 1.807) is 25.1 Å². The summed E-state index contributed by atoms with van der Waals surface area (Å²) in [6.07, 6.45) is 0. The van der Waals surface area contributed by atoms with Crippen molar-refractivity contribution in [3.8, 4) is 0 Å². The molecule has 1 atom stereocenters. The maximum Gasteiger partial charge on any atom is 0.321 e. The van der Waals surface area contributed by atoms with Crippen LogP contribution in [0.5, 0.6) is 0 Å². The summed E-state index contributed by atoms with van der Waals surface area (Å²) in [7, 11) is 0. The molecule has 22 heavy (non-hydrogen) atoms. The van der Waals surface area contributed by atoms with E-state index in [0.717, 1.165) is 15.7 Å². The number of likely N-dealkylation sites (N-methyl/N-ethyl adjacent to an activating group) is 1. The van der Waals surface area contributed by atoms with Crippen molar-refractivity contribution in [1.82, 2.24) is 4.90 Å². The van der Waals surface area contributed by atoms with Crippen molar-refractivity contribution in [2.75, 3.05) is 6.54 Å². The highest BCUT2D eigenvalue weighted by Gasteiger charge is 2.32. The Bertz CT molecular complexity index is 742. The van der Waals surface area contributed by atoms with Crippen LogP contribution in [0, 0.1) is 0 Å². The lowest BCUT2D eigenvalue weighted by molar-refractivity contribution is -0.134. The Morgan fingerprint density at radius 3 is 2.23 bits per heavy atom. The van der Waals surface area contributed by atoms with Gasteiger partial charge >= 0.3 is 6.03 Å². The first-order chi connectivity index (χ1) is 10.5. The van der Waals surface area contributed by atoms with Gasteiger partial charge in [-0.15, -0.1) is 0 Å². The molecule has 0 aromatic heterocycles. The number of hydrogen-bond acceptors (Lipinski definition) is 3. The van der Waals surface area contributed by atoms with Crippen LogP contribution in [0.1, 0.15) is 18.4 Å². The van der Waals surface area contributed by atoms with Crippen LogP contribution in [0.3, 0.4) is 0 Å². The topological polar surface area (TPSA) is 106 Å². The zero-order valence-corrected chi connectivity index (χ0v) is 12.2. The lowest BCUT2D eigenvalue weighted by atomic mass is 9.94. The highest BCUT2D eigenvalue weighted by atomic mass is 16.2. The lowest BCUT2D eigenvalue weighted by Gasteiger charge is -2.21. The van der Waals surface area contributed by atoms with Crippen molar-refractivity contribution in [3.63, 3.8) is 0 Å². The summed E-state index contributed by atoms with van der Waals surface area (Å²) in [5, 5.41) is 1.85. The van der Waals surface area contributed by atoms with Crippen LogP contribution >= 0.6 is 0 Å². The molecular formula is C16H17N3O3. The Balaban J connectivity index is 2.48. The van der Waals surface area contributed by atoms with Crippen LogP contribution in [-0.4, -0.2) is 29.3 Å². The maximum atomic E-state index is 12.4. The van der Waals surface area contributed by atoms with Crippen molar-refractivity contribution in [2.24, 2.45) is 11.5 Å². The zero-order chi connectivity index (χ0) is 16.3. The maximum absolute atomic E-state index is 12.4. The van der Waals surface area contributed by atoms with Gasteiger partial charge in [0.15, 0.2) is 0 Å². The van der Waals surface area contributed by atoms with Gasteiger partial charge < -0.3 is 11.5 Å². The van der Waals surface area contributed by atoms with Crippen LogP contribution in [0.25, 0.3) is 10.8 Å². The molecule has 2 aromatic rings. The molecule has 0 aliphatic carbocycles. The van der Waals surface area contributed by atoms with E-state index in [2.05, 4.69) is 0 Å². The van der Waals surface area contributed by atoms with Crippen LogP contribution in [-0.2, 0) is 9.59 Å². The quantitative estimate of drug-likeness (QED) is 0.832. The number of rotatable bonds is 4. The molecule has 0 aliphatic rings. The van der Waals surface area contributed by atoms with Crippen LogP contribution < -0.4 is 11.5 Å². The smallest absolute Gasteiger partial charge is 0.321 e. The summed E-state index contributed by atoms with van der Waals surface area (Å²) in [5.74, 6) is -2.77. The molecule has 0 saturated heterocycles. The molecular weight excluding hydrogens is 282 g/mol. The number of imide groups is 1. The summed E-state index contributed by atoms with van der Waals surface area (Å²) < 4.78 is 0. The SMILES string of the molecule is CCN(C(N)=O)C(=O)C(C(N)=O)c1ccc2ccccc2c1. The third-order valence-corrected chi connectivity index (χ3v) is 3.49. The third kappa shape index (κ3) is 2.90. The molecule has 4 N–H and O–H groups in total. The first kappa shape index (κ1) is 15.5. The fourth-order valence-electron chi connectivity index (χ4n) is 2.39. The first-order valence-corrected chi connectivity index (χ1v) is 6.84. The van der Waals surface area contributed by atoms with E-state index in [4.69, 9.17) is 11.5 Å². The van der Waals surface area contributed by atoms with E-state index in [9.17, 15) is 14.4 Å². The van der Waals surface area contributed by atoms with Gasteiger partial charge in [0.05, 0.1) is 0 Å². The van der Waals surface area contributed by atoms with Crippen LogP contribution in [0.15, 0.2) is 42.5 Å². The Morgan fingerprint density at radius 1 is 1.05 bits per heavy atom. The fraction of sp³-hybridized carbons (Fsp3) is 0.188. The zero-order valence-electron chi connectivity index (χ0n) is 12.2. The number of carbonyl (C=O) groups is 3. The standard InChI is InChI=1S/C16H17N3O3/c1-2-19(16(18)22)15(21)13(14(17)20)12-8-7-10-5-3-4-6-11(10)9-12/h3-9,13H,2H2,1H3,(H2,17,20)(H2,18,22). The van der Waals surface area contributed by atoms with Crippen LogP contribution in [0.2, 0.25) is 0 Å². The molecule has 0 fully saturated rings. The number of nitrogens with two attached hydrogens (primary N) is 2. The van der Waals surface area contributed by atoms with Gasteiger partial charge in [0.25, 0.3) is 0 Å². The number of carbonyl (C=O) groups excluding carboxylic acids is 3. The monoisotopic (exact) mass is 299 g/mol. The molecule has 1 unspecified atom stereocenters. The second-order valence-electron chi connectivity index (χ2n) is 4.86. The molecule has 6 nitrogen and oxygen atoms in total. The molecule has 114 valence electrons. The van der Waals surface area contributed by atoms with Crippen LogP contribution in [0.4, 0.5) is 4.79 Å². The van der Waals surface area contributed by atoms with E-state index < -0.39 is 23.8 Å². The van der Waals surface area contributed by atoms with Gasteiger partial charge in [-0.05, 0) is 29.3 Å². The molecule has 0 heterocycles. The molecule has 4 amide bonds. The summed E-state index contributed by atoms with van der Waals surface area (Å²) in [5.41, 5.74) is 11.0. The highest BCUT2D eigenvalue weighted by molar-refractivity contribution is 6.10. The summed E-state index contributed by atoms with van der Waals surface area (Å²) in [6, 6.07) is 11.8. The molecule has 0 bridgehead atoms. The Kier molecular flexibility index (Phi) is 4.41. The largest absolute Gasteiger partial charge is 0.369 e. The third-order valence-electron chi connectivity index (χ3n) is 3.49. The molecule has 2 rings (SSSR count). The predicted molar refractivity (Wildman–Crippen MR) is 82.9 cm³/mol. The van der Waals surface area contributed by atoms with E-state index in [1.165, 1.54) is 0 Å². The van der Waals surface area contributed by atoms with E-state index in [0.29, 0.717) is 5.56 Å². The van der Waals surface area contributed by atoms with Gasteiger partial charge in [-0.25, -0.2) is 4.79 Å². The Morgan fingerprint density at radius 2 is 1.68 bits per heavy atom. The molecule has 0 radical (unpaired) electrons. The van der Waals surface area contributed by atoms with E-state index >= 15 is 0 Å². The van der Waals surface area contributed by atoms with Gasteiger partial charge in [0, 0.05) is 6.54 Å². The summed E-state index contributed by atoms with van der Waals surface area (Å²) in [6.45, 7) is 1.67.